The highest BCUT2D eigenvalue weighted by Crippen LogP contribution is 2.28. The molecule has 0 bridgehead atoms. The fourth-order valence-electron chi connectivity index (χ4n) is 1.36. The molecule has 0 saturated heterocycles. The van der Waals surface area contributed by atoms with E-state index < -0.39 is 6.10 Å². The maximum atomic E-state index is 9.82. The van der Waals surface area contributed by atoms with E-state index in [-0.39, 0.29) is 0 Å². The molecule has 2 heteroatoms. The van der Waals surface area contributed by atoms with Crippen LogP contribution in [0.25, 0.3) is 0 Å². The summed E-state index contributed by atoms with van der Waals surface area (Å²) in [6.07, 6.45) is 2.78. The first-order chi connectivity index (χ1) is 6.66. The average Bonchev–Trinajstić information content (AvgIpc) is 2.18. The topological polar surface area (TPSA) is 20.2 Å². The van der Waals surface area contributed by atoms with Gasteiger partial charge in [0, 0.05) is 5.02 Å². The zero-order valence-electron chi connectivity index (χ0n) is 8.33. The number of rotatable bonds is 4. The lowest BCUT2D eigenvalue weighted by atomic mass is 10.0. The minimum atomic E-state index is -0.486. The van der Waals surface area contributed by atoms with E-state index in [1.807, 2.05) is 25.1 Å². The van der Waals surface area contributed by atoms with Gasteiger partial charge in [0.15, 0.2) is 0 Å². The van der Waals surface area contributed by atoms with E-state index in [1.54, 1.807) is 6.08 Å². The molecule has 0 aliphatic carbocycles. The minimum absolute atomic E-state index is 0.486. The summed E-state index contributed by atoms with van der Waals surface area (Å²) in [6, 6.07) is 5.71. The van der Waals surface area contributed by atoms with Crippen LogP contribution in [0.3, 0.4) is 0 Å². The summed E-state index contributed by atoms with van der Waals surface area (Å²) in [5, 5.41) is 10.5. The molecule has 1 aromatic carbocycles. The number of hydrogen-bond donors (Lipinski definition) is 1. The van der Waals surface area contributed by atoms with Crippen LogP contribution in [0.5, 0.6) is 0 Å². The van der Waals surface area contributed by atoms with Crippen molar-refractivity contribution in [1.29, 1.82) is 0 Å². The molecule has 1 atom stereocenters. The van der Waals surface area contributed by atoms with Crippen molar-refractivity contribution in [2.45, 2.75) is 25.9 Å². The van der Waals surface area contributed by atoms with Crippen LogP contribution in [0.2, 0.25) is 5.02 Å². The van der Waals surface area contributed by atoms with Crippen molar-refractivity contribution in [3.05, 3.63) is 47.0 Å². The Morgan fingerprint density at radius 2 is 2.29 bits per heavy atom. The van der Waals surface area contributed by atoms with E-state index in [1.165, 1.54) is 0 Å². The number of aliphatic hydroxyl groups excluding tert-OH is 1. The van der Waals surface area contributed by atoms with Gasteiger partial charge in [0.25, 0.3) is 0 Å². The van der Waals surface area contributed by atoms with Crippen LogP contribution in [0.1, 0.15) is 30.1 Å². The third-order valence-corrected chi connectivity index (χ3v) is 2.74. The summed E-state index contributed by atoms with van der Waals surface area (Å²) in [7, 11) is 0. The Morgan fingerprint density at radius 3 is 2.93 bits per heavy atom. The number of aliphatic hydroxyl groups is 1. The lowest BCUT2D eigenvalue weighted by Gasteiger charge is -2.12. The Labute approximate surface area is 90.0 Å². The number of aryl methyl sites for hydroxylation is 1. The van der Waals surface area contributed by atoms with Crippen molar-refractivity contribution in [1.82, 2.24) is 0 Å². The number of benzene rings is 1. The minimum Gasteiger partial charge on any atom is -0.388 e. The molecule has 1 N–H and O–H groups in total. The molecule has 0 aliphatic heterocycles. The summed E-state index contributed by atoms with van der Waals surface area (Å²) < 4.78 is 0. The van der Waals surface area contributed by atoms with Crippen LogP contribution in [0, 0.1) is 6.92 Å². The van der Waals surface area contributed by atoms with Crippen LogP contribution in [0.4, 0.5) is 0 Å². The maximum Gasteiger partial charge on any atom is 0.0807 e. The zero-order valence-corrected chi connectivity index (χ0v) is 9.09. The molecule has 1 aromatic rings. The SMILES string of the molecule is C=CCCC(O)c1cccc(C)c1Cl. The van der Waals surface area contributed by atoms with Crippen molar-refractivity contribution in [2.24, 2.45) is 0 Å². The molecular weight excluding hydrogens is 196 g/mol. The standard InChI is InChI=1S/C12H15ClO/c1-3-4-8-11(14)10-7-5-6-9(2)12(10)13/h3,5-7,11,14H,1,4,8H2,2H3. The Balaban J connectivity index is 2.83. The van der Waals surface area contributed by atoms with Gasteiger partial charge in [0.1, 0.15) is 0 Å². The fourth-order valence-corrected chi connectivity index (χ4v) is 1.61. The molecule has 14 heavy (non-hydrogen) atoms. The van der Waals surface area contributed by atoms with Gasteiger partial charge in [0.05, 0.1) is 6.10 Å². The summed E-state index contributed by atoms with van der Waals surface area (Å²) in [5.74, 6) is 0. The summed E-state index contributed by atoms with van der Waals surface area (Å²) in [4.78, 5) is 0. The predicted molar refractivity (Wildman–Crippen MR) is 60.6 cm³/mol. The van der Waals surface area contributed by atoms with E-state index in [9.17, 15) is 5.11 Å². The van der Waals surface area contributed by atoms with Gasteiger partial charge in [-0.25, -0.2) is 0 Å². The molecular formula is C12H15ClO. The Hall–Kier alpha value is -0.790. The van der Waals surface area contributed by atoms with E-state index >= 15 is 0 Å². The van der Waals surface area contributed by atoms with Gasteiger partial charge in [0.2, 0.25) is 0 Å². The molecule has 0 fully saturated rings. The van der Waals surface area contributed by atoms with Gasteiger partial charge in [-0.2, -0.15) is 0 Å². The first kappa shape index (κ1) is 11.3. The predicted octanol–water partition coefficient (Wildman–Crippen LogP) is 3.65. The second kappa shape index (κ2) is 5.18. The molecule has 0 spiro atoms. The van der Waals surface area contributed by atoms with Crippen molar-refractivity contribution in [3.8, 4) is 0 Å². The van der Waals surface area contributed by atoms with E-state index in [2.05, 4.69) is 6.58 Å². The molecule has 0 amide bonds. The average molecular weight is 211 g/mol. The first-order valence-corrected chi connectivity index (χ1v) is 5.08. The van der Waals surface area contributed by atoms with E-state index in [4.69, 9.17) is 11.6 Å². The van der Waals surface area contributed by atoms with Gasteiger partial charge in [-0.15, -0.1) is 6.58 Å². The smallest absolute Gasteiger partial charge is 0.0807 e. The van der Waals surface area contributed by atoms with Gasteiger partial charge in [-0.05, 0) is 30.9 Å². The Morgan fingerprint density at radius 1 is 1.57 bits per heavy atom. The van der Waals surface area contributed by atoms with Crippen LogP contribution >= 0.6 is 11.6 Å². The van der Waals surface area contributed by atoms with Crippen molar-refractivity contribution in [3.63, 3.8) is 0 Å². The monoisotopic (exact) mass is 210 g/mol. The lowest BCUT2D eigenvalue weighted by molar-refractivity contribution is 0.169. The van der Waals surface area contributed by atoms with Crippen LogP contribution in [0.15, 0.2) is 30.9 Å². The molecule has 0 aliphatic rings. The molecule has 1 unspecified atom stereocenters. The highest BCUT2D eigenvalue weighted by atomic mass is 35.5. The van der Waals surface area contributed by atoms with Crippen molar-refractivity contribution in [2.75, 3.05) is 0 Å². The largest absolute Gasteiger partial charge is 0.388 e. The molecule has 1 rings (SSSR count). The first-order valence-electron chi connectivity index (χ1n) is 4.70. The second-order valence-corrected chi connectivity index (χ2v) is 3.74. The molecule has 76 valence electrons. The number of halogens is 1. The lowest BCUT2D eigenvalue weighted by Crippen LogP contribution is -1.98. The maximum absolute atomic E-state index is 9.82. The zero-order chi connectivity index (χ0) is 10.6. The van der Waals surface area contributed by atoms with Gasteiger partial charge >= 0.3 is 0 Å². The van der Waals surface area contributed by atoms with E-state index in [0.29, 0.717) is 11.4 Å². The molecule has 1 nitrogen and oxygen atoms in total. The second-order valence-electron chi connectivity index (χ2n) is 3.36. The molecule has 0 saturated carbocycles. The van der Waals surface area contributed by atoms with Crippen molar-refractivity contribution < 1.29 is 5.11 Å². The molecule has 0 heterocycles. The summed E-state index contributed by atoms with van der Waals surface area (Å²) in [5.41, 5.74) is 1.82. The van der Waals surface area contributed by atoms with Gasteiger partial charge in [-0.1, -0.05) is 35.9 Å². The van der Waals surface area contributed by atoms with Crippen LogP contribution < -0.4 is 0 Å². The highest BCUT2D eigenvalue weighted by Gasteiger charge is 2.11. The normalized spacial score (nSPS) is 12.5. The fraction of sp³-hybridized carbons (Fsp3) is 0.333. The van der Waals surface area contributed by atoms with Crippen LogP contribution in [-0.4, -0.2) is 5.11 Å². The number of allylic oxidation sites excluding steroid dienone is 1. The molecule has 0 radical (unpaired) electrons. The third-order valence-electron chi connectivity index (χ3n) is 2.22. The highest BCUT2D eigenvalue weighted by molar-refractivity contribution is 6.32. The third kappa shape index (κ3) is 2.60. The quantitative estimate of drug-likeness (QED) is 0.753. The van der Waals surface area contributed by atoms with E-state index in [0.717, 1.165) is 17.5 Å². The molecule has 0 aromatic heterocycles. The van der Waals surface area contributed by atoms with Gasteiger partial charge < -0.3 is 5.11 Å². The summed E-state index contributed by atoms with van der Waals surface area (Å²) >= 11 is 6.08. The van der Waals surface area contributed by atoms with Gasteiger partial charge in [-0.3, -0.25) is 0 Å². The van der Waals surface area contributed by atoms with Crippen molar-refractivity contribution >= 4 is 11.6 Å². The Bertz CT molecular complexity index is 320. The Kier molecular flexibility index (Phi) is 4.18. The number of hydrogen-bond acceptors (Lipinski definition) is 1. The van der Waals surface area contributed by atoms with Crippen LogP contribution in [-0.2, 0) is 0 Å². The summed E-state index contributed by atoms with van der Waals surface area (Å²) in [6.45, 7) is 5.56.